The highest BCUT2D eigenvalue weighted by molar-refractivity contribution is 9.09. The standard InChI is InChI=1S/C25H33BrN2O6/c1-4-33-24(32)18-19-23(31)28(10-6-5-7-11-29)21(25(19)13-16(26)20(18)34-25)22(30)27-17-12-14(2)8-9-15(17)3/h8-9,12,16,18-21,29H,4-7,10-11,13H2,1-3H3,(H,27,30)/t16?,18-,19+,20-,21?,25?/m1/s1. The Kier molecular flexibility index (Phi) is 7.36. The quantitative estimate of drug-likeness (QED) is 0.285. The topological polar surface area (TPSA) is 105 Å². The van der Waals surface area contributed by atoms with Crippen molar-refractivity contribution in [3.05, 3.63) is 29.3 Å². The van der Waals surface area contributed by atoms with Gasteiger partial charge in [-0.1, -0.05) is 28.1 Å². The molecule has 3 aliphatic rings. The van der Waals surface area contributed by atoms with Gasteiger partial charge in [-0.2, -0.15) is 0 Å². The summed E-state index contributed by atoms with van der Waals surface area (Å²) in [5.74, 6) is -2.49. The van der Waals surface area contributed by atoms with E-state index in [1.54, 1.807) is 11.8 Å². The zero-order chi connectivity index (χ0) is 24.6. The van der Waals surface area contributed by atoms with E-state index >= 15 is 0 Å². The Labute approximate surface area is 208 Å². The number of ether oxygens (including phenoxy) is 2. The molecule has 3 fully saturated rings. The van der Waals surface area contributed by atoms with Crippen LogP contribution in [-0.2, 0) is 23.9 Å². The number of anilines is 1. The molecule has 0 saturated carbocycles. The highest BCUT2D eigenvalue weighted by atomic mass is 79.9. The molecule has 0 radical (unpaired) electrons. The van der Waals surface area contributed by atoms with Gasteiger partial charge >= 0.3 is 5.97 Å². The van der Waals surface area contributed by atoms with Crippen LogP contribution in [0.1, 0.15) is 43.7 Å². The molecule has 1 spiro atoms. The molecule has 6 atom stereocenters. The van der Waals surface area contributed by atoms with Gasteiger partial charge in [0.1, 0.15) is 11.6 Å². The van der Waals surface area contributed by atoms with E-state index in [-0.39, 0.29) is 29.9 Å². The van der Waals surface area contributed by atoms with E-state index in [1.807, 2.05) is 32.0 Å². The number of unbranched alkanes of at least 4 members (excludes halogenated alkanes) is 2. The van der Waals surface area contributed by atoms with Crippen molar-refractivity contribution in [2.75, 3.05) is 25.1 Å². The van der Waals surface area contributed by atoms with Crippen LogP contribution in [0, 0.1) is 25.7 Å². The van der Waals surface area contributed by atoms with Crippen LogP contribution < -0.4 is 5.32 Å². The molecule has 4 rings (SSSR count). The number of aliphatic hydroxyl groups excluding tert-OH is 1. The van der Waals surface area contributed by atoms with Crippen molar-refractivity contribution >= 4 is 39.4 Å². The Bertz CT molecular complexity index is 971. The van der Waals surface area contributed by atoms with Gasteiger partial charge in [-0.3, -0.25) is 14.4 Å². The third-order valence-corrected chi connectivity index (χ3v) is 8.15. The Balaban J connectivity index is 1.69. The summed E-state index contributed by atoms with van der Waals surface area (Å²) in [5.41, 5.74) is 1.54. The summed E-state index contributed by atoms with van der Waals surface area (Å²) in [5, 5.41) is 12.2. The minimum Gasteiger partial charge on any atom is -0.466 e. The molecule has 9 heteroatoms. The number of likely N-dealkylation sites (tertiary alicyclic amines) is 1. The highest BCUT2D eigenvalue weighted by Crippen LogP contribution is 2.60. The maximum Gasteiger partial charge on any atom is 0.312 e. The first kappa shape index (κ1) is 25.1. The van der Waals surface area contributed by atoms with Crippen LogP contribution in [0.5, 0.6) is 0 Å². The zero-order valence-electron chi connectivity index (χ0n) is 19.9. The van der Waals surface area contributed by atoms with Gasteiger partial charge in [-0.25, -0.2) is 0 Å². The second-order valence-electron chi connectivity index (χ2n) is 9.54. The van der Waals surface area contributed by atoms with Crippen LogP contribution >= 0.6 is 15.9 Å². The Hall–Kier alpha value is -1.97. The number of hydrogen-bond donors (Lipinski definition) is 2. The van der Waals surface area contributed by atoms with E-state index in [0.717, 1.165) is 17.5 Å². The predicted octanol–water partition coefficient (Wildman–Crippen LogP) is 2.72. The van der Waals surface area contributed by atoms with Gasteiger partial charge < -0.3 is 24.8 Å². The van der Waals surface area contributed by atoms with Crippen molar-refractivity contribution in [1.29, 1.82) is 0 Å². The fourth-order valence-corrected chi connectivity index (χ4v) is 6.76. The van der Waals surface area contributed by atoms with Gasteiger partial charge in [0.2, 0.25) is 11.8 Å². The Morgan fingerprint density at radius 3 is 2.76 bits per heavy atom. The van der Waals surface area contributed by atoms with Gasteiger partial charge in [0.05, 0.1) is 24.5 Å². The van der Waals surface area contributed by atoms with E-state index in [0.29, 0.717) is 31.5 Å². The van der Waals surface area contributed by atoms with E-state index < -0.39 is 35.6 Å². The smallest absolute Gasteiger partial charge is 0.312 e. The van der Waals surface area contributed by atoms with Crippen molar-refractivity contribution < 1.29 is 29.0 Å². The Morgan fingerprint density at radius 1 is 1.29 bits per heavy atom. The molecule has 3 unspecified atom stereocenters. The van der Waals surface area contributed by atoms with Crippen LogP contribution in [0.2, 0.25) is 0 Å². The number of nitrogens with zero attached hydrogens (tertiary/aromatic N) is 1. The number of carbonyl (C=O) groups is 3. The van der Waals surface area contributed by atoms with Gasteiger partial charge in [0, 0.05) is 23.7 Å². The summed E-state index contributed by atoms with van der Waals surface area (Å²) in [6.07, 6.45) is 1.95. The summed E-state index contributed by atoms with van der Waals surface area (Å²) in [4.78, 5) is 41.9. The highest BCUT2D eigenvalue weighted by Gasteiger charge is 2.76. The summed E-state index contributed by atoms with van der Waals surface area (Å²) in [6.45, 7) is 6.27. The van der Waals surface area contributed by atoms with Crippen LogP contribution in [0.25, 0.3) is 0 Å². The number of amides is 2. The second kappa shape index (κ2) is 9.95. The molecule has 186 valence electrons. The maximum atomic E-state index is 13.8. The number of hydrogen-bond acceptors (Lipinski definition) is 6. The molecule has 2 N–H and O–H groups in total. The van der Waals surface area contributed by atoms with Gasteiger partial charge in [0.25, 0.3) is 0 Å². The van der Waals surface area contributed by atoms with Crippen LogP contribution in [0.4, 0.5) is 5.69 Å². The Morgan fingerprint density at radius 2 is 2.06 bits per heavy atom. The zero-order valence-corrected chi connectivity index (χ0v) is 21.5. The van der Waals surface area contributed by atoms with Crippen molar-refractivity contribution in [2.45, 2.75) is 69.0 Å². The number of carbonyl (C=O) groups excluding carboxylic acids is 3. The molecule has 3 aliphatic heterocycles. The number of halogens is 1. The van der Waals surface area contributed by atoms with Crippen LogP contribution in [0.3, 0.4) is 0 Å². The summed E-state index contributed by atoms with van der Waals surface area (Å²) in [6, 6.07) is 4.98. The molecule has 34 heavy (non-hydrogen) atoms. The van der Waals surface area contributed by atoms with Crippen molar-refractivity contribution in [1.82, 2.24) is 4.90 Å². The molecule has 1 aromatic carbocycles. The van der Waals surface area contributed by atoms with Crippen molar-refractivity contribution in [3.8, 4) is 0 Å². The molecule has 0 aromatic heterocycles. The van der Waals surface area contributed by atoms with Gasteiger partial charge in [-0.05, 0) is 63.6 Å². The van der Waals surface area contributed by atoms with Crippen molar-refractivity contribution in [3.63, 3.8) is 0 Å². The minimum atomic E-state index is -1.09. The first-order valence-electron chi connectivity index (χ1n) is 12.0. The number of aryl methyl sites for hydroxylation is 2. The first-order chi connectivity index (χ1) is 16.2. The summed E-state index contributed by atoms with van der Waals surface area (Å²) in [7, 11) is 0. The van der Waals surface area contributed by atoms with E-state index in [1.165, 1.54) is 0 Å². The number of alkyl halides is 1. The molecule has 1 aromatic rings. The van der Waals surface area contributed by atoms with E-state index in [2.05, 4.69) is 21.2 Å². The van der Waals surface area contributed by atoms with Crippen molar-refractivity contribution in [2.24, 2.45) is 11.8 Å². The minimum absolute atomic E-state index is 0.0814. The SMILES string of the molecule is CCOC(=O)[C@H]1[C@@H]2OC3(CC2Br)C(C(=O)Nc2cc(C)ccc2C)N(CCCCCO)C(=O)[C@H]13. The molecule has 8 nitrogen and oxygen atoms in total. The average Bonchev–Trinajstić information content (AvgIpc) is 3.37. The van der Waals surface area contributed by atoms with E-state index in [4.69, 9.17) is 14.6 Å². The van der Waals surface area contributed by atoms with Crippen LogP contribution in [-0.4, -0.2) is 70.1 Å². The molecule has 3 saturated heterocycles. The van der Waals surface area contributed by atoms with Gasteiger partial charge in [-0.15, -0.1) is 0 Å². The molecule has 0 aliphatic carbocycles. The third-order valence-electron chi connectivity index (χ3n) is 7.30. The summed E-state index contributed by atoms with van der Waals surface area (Å²) < 4.78 is 11.7. The monoisotopic (exact) mass is 536 g/mol. The number of nitrogens with one attached hydrogen (secondary N) is 1. The third kappa shape index (κ3) is 4.16. The number of rotatable bonds is 9. The largest absolute Gasteiger partial charge is 0.466 e. The fourth-order valence-electron chi connectivity index (χ4n) is 5.82. The summed E-state index contributed by atoms with van der Waals surface area (Å²) >= 11 is 3.64. The molecule has 2 amide bonds. The van der Waals surface area contributed by atoms with Gasteiger partial charge in [0.15, 0.2) is 0 Å². The second-order valence-corrected chi connectivity index (χ2v) is 10.7. The molecule has 2 bridgehead atoms. The lowest BCUT2D eigenvalue weighted by Crippen LogP contribution is -2.54. The lowest BCUT2D eigenvalue weighted by Gasteiger charge is -2.34. The number of esters is 1. The normalized spacial score (nSPS) is 31.6. The average molecular weight is 537 g/mol. The lowest BCUT2D eigenvalue weighted by molar-refractivity contribution is -0.154. The molecular formula is C25H33BrN2O6. The molecular weight excluding hydrogens is 504 g/mol. The number of aliphatic hydroxyl groups is 1. The van der Waals surface area contributed by atoms with Crippen LogP contribution in [0.15, 0.2) is 18.2 Å². The number of fused-ring (bicyclic) bond motifs is 1. The lowest BCUT2D eigenvalue weighted by atomic mass is 9.70. The van der Waals surface area contributed by atoms with E-state index in [9.17, 15) is 14.4 Å². The fraction of sp³-hybridized carbons (Fsp3) is 0.640. The first-order valence-corrected chi connectivity index (χ1v) is 12.9. The molecule has 3 heterocycles. The maximum absolute atomic E-state index is 13.8. The number of benzene rings is 1. The predicted molar refractivity (Wildman–Crippen MR) is 130 cm³/mol.